The van der Waals surface area contributed by atoms with Gasteiger partial charge in [0.1, 0.15) is 0 Å². The van der Waals surface area contributed by atoms with Crippen molar-refractivity contribution in [3.05, 3.63) is 29.0 Å². The van der Waals surface area contributed by atoms with Crippen LogP contribution in [0.3, 0.4) is 0 Å². The lowest BCUT2D eigenvalue weighted by molar-refractivity contribution is 0.101. The highest BCUT2D eigenvalue weighted by atomic mass is 32.1. The molecule has 0 spiro atoms. The van der Waals surface area contributed by atoms with Gasteiger partial charge in [0.25, 0.3) is 0 Å². The maximum Gasteiger partial charge on any atom is 0.171 e. The smallest absolute Gasteiger partial charge is 0.171 e. The van der Waals surface area contributed by atoms with Gasteiger partial charge in [-0.3, -0.25) is 4.79 Å². The SMILES string of the molecule is COCc1nc(-c2ccco2)sc1C(C)=O. The predicted octanol–water partition coefficient (Wildman–Crippen LogP) is 2.75. The first-order valence-corrected chi connectivity index (χ1v) is 5.57. The molecule has 0 saturated heterocycles. The van der Waals surface area contributed by atoms with Gasteiger partial charge in [0, 0.05) is 14.0 Å². The largest absolute Gasteiger partial charge is 0.462 e. The monoisotopic (exact) mass is 237 g/mol. The third kappa shape index (κ3) is 2.05. The molecule has 2 aromatic rings. The Morgan fingerprint density at radius 1 is 1.62 bits per heavy atom. The lowest BCUT2D eigenvalue weighted by Crippen LogP contribution is -1.97. The highest BCUT2D eigenvalue weighted by molar-refractivity contribution is 7.17. The van der Waals surface area contributed by atoms with Crippen molar-refractivity contribution in [2.45, 2.75) is 13.5 Å². The van der Waals surface area contributed by atoms with Crippen molar-refractivity contribution in [3.63, 3.8) is 0 Å². The molecule has 0 radical (unpaired) electrons. The highest BCUT2D eigenvalue weighted by Crippen LogP contribution is 2.29. The molecular formula is C11H11NO3S. The Bertz CT molecular complexity index is 487. The zero-order valence-corrected chi connectivity index (χ0v) is 9.84. The van der Waals surface area contributed by atoms with Crippen LogP contribution in [0.4, 0.5) is 0 Å². The minimum absolute atomic E-state index is 0.00218. The van der Waals surface area contributed by atoms with E-state index in [1.807, 2.05) is 6.07 Å². The maximum atomic E-state index is 11.4. The van der Waals surface area contributed by atoms with Crippen LogP contribution in [0.25, 0.3) is 10.8 Å². The summed E-state index contributed by atoms with van der Waals surface area (Å²) in [4.78, 5) is 16.4. The number of furan rings is 1. The number of ketones is 1. The molecule has 0 fully saturated rings. The van der Waals surface area contributed by atoms with Crippen molar-refractivity contribution >= 4 is 17.1 Å². The molecule has 84 valence electrons. The Morgan fingerprint density at radius 2 is 2.44 bits per heavy atom. The normalized spacial score (nSPS) is 10.6. The molecule has 4 nitrogen and oxygen atoms in total. The number of ether oxygens (including phenoxy) is 1. The van der Waals surface area contributed by atoms with Crippen molar-refractivity contribution < 1.29 is 13.9 Å². The Labute approximate surface area is 96.9 Å². The van der Waals surface area contributed by atoms with E-state index in [2.05, 4.69) is 4.98 Å². The first-order chi connectivity index (χ1) is 7.72. The van der Waals surface area contributed by atoms with Crippen LogP contribution in [0, 0.1) is 0 Å². The summed E-state index contributed by atoms with van der Waals surface area (Å²) >= 11 is 1.33. The summed E-state index contributed by atoms with van der Waals surface area (Å²) in [6.45, 7) is 1.87. The van der Waals surface area contributed by atoms with Crippen molar-refractivity contribution in [2.75, 3.05) is 7.11 Å². The summed E-state index contributed by atoms with van der Waals surface area (Å²) in [6.07, 6.45) is 1.58. The molecule has 0 unspecified atom stereocenters. The lowest BCUT2D eigenvalue weighted by atomic mass is 10.3. The van der Waals surface area contributed by atoms with Crippen LogP contribution < -0.4 is 0 Å². The van der Waals surface area contributed by atoms with E-state index >= 15 is 0 Å². The van der Waals surface area contributed by atoms with Gasteiger partial charge in [-0.2, -0.15) is 0 Å². The number of carbonyl (C=O) groups excluding carboxylic acids is 1. The van der Waals surface area contributed by atoms with Gasteiger partial charge in [-0.1, -0.05) is 0 Å². The molecule has 5 heteroatoms. The van der Waals surface area contributed by atoms with Crippen molar-refractivity contribution in [3.8, 4) is 10.8 Å². The molecule has 0 aliphatic rings. The molecule has 0 saturated carbocycles. The van der Waals surface area contributed by atoms with E-state index < -0.39 is 0 Å². The first-order valence-electron chi connectivity index (χ1n) is 4.76. The second kappa shape index (κ2) is 4.59. The second-order valence-electron chi connectivity index (χ2n) is 3.26. The van der Waals surface area contributed by atoms with Gasteiger partial charge in [0.2, 0.25) is 0 Å². The summed E-state index contributed by atoms with van der Waals surface area (Å²) in [5.74, 6) is 0.678. The molecule has 0 aliphatic carbocycles. The lowest BCUT2D eigenvalue weighted by Gasteiger charge is -1.95. The van der Waals surface area contributed by atoms with Crippen molar-refractivity contribution in [1.29, 1.82) is 0 Å². The van der Waals surface area contributed by atoms with E-state index in [1.165, 1.54) is 18.3 Å². The van der Waals surface area contributed by atoms with E-state index in [1.54, 1.807) is 19.4 Å². The van der Waals surface area contributed by atoms with E-state index in [0.29, 0.717) is 27.9 Å². The highest BCUT2D eigenvalue weighted by Gasteiger charge is 2.16. The van der Waals surface area contributed by atoms with Gasteiger partial charge >= 0.3 is 0 Å². The van der Waals surface area contributed by atoms with Crippen LogP contribution in [0.1, 0.15) is 22.3 Å². The molecule has 2 heterocycles. The minimum Gasteiger partial charge on any atom is -0.462 e. The number of rotatable bonds is 4. The summed E-state index contributed by atoms with van der Waals surface area (Å²) in [7, 11) is 1.58. The summed E-state index contributed by atoms with van der Waals surface area (Å²) in [5, 5.41) is 0.710. The number of Topliss-reactive ketones (excluding diaryl/α,β-unsaturated/α-hetero) is 1. The molecule has 0 aliphatic heterocycles. The van der Waals surface area contributed by atoms with E-state index in [0.717, 1.165) is 0 Å². The van der Waals surface area contributed by atoms with E-state index in [4.69, 9.17) is 9.15 Å². The van der Waals surface area contributed by atoms with E-state index in [9.17, 15) is 4.79 Å². The fourth-order valence-electron chi connectivity index (χ4n) is 1.37. The average Bonchev–Trinajstić information content (AvgIpc) is 2.83. The second-order valence-corrected chi connectivity index (χ2v) is 4.26. The van der Waals surface area contributed by atoms with Crippen LogP contribution >= 0.6 is 11.3 Å². The van der Waals surface area contributed by atoms with Crippen LogP contribution in [-0.2, 0) is 11.3 Å². The zero-order valence-electron chi connectivity index (χ0n) is 9.02. The fourth-order valence-corrected chi connectivity index (χ4v) is 2.30. The molecule has 2 aromatic heterocycles. The van der Waals surface area contributed by atoms with Gasteiger partial charge in [-0.15, -0.1) is 11.3 Å². The third-order valence-corrected chi connectivity index (χ3v) is 3.24. The molecule has 2 rings (SSSR count). The number of nitrogens with zero attached hydrogens (tertiary/aromatic N) is 1. The standard InChI is InChI=1S/C11H11NO3S/c1-7(13)10-8(6-14-2)12-11(16-10)9-4-3-5-15-9/h3-5H,6H2,1-2H3. The zero-order chi connectivity index (χ0) is 11.5. The molecule has 0 N–H and O–H groups in total. The summed E-state index contributed by atoms with van der Waals surface area (Å²) in [6, 6.07) is 3.61. The minimum atomic E-state index is 0.00218. The van der Waals surface area contributed by atoms with Gasteiger partial charge in [-0.05, 0) is 12.1 Å². The number of thiazole rings is 1. The van der Waals surface area contributed by atoms with Crippen molar-refractivity contribution in [1.82, 2.24) is 4.98 Å². The van der Waals surface area contributed by atoms with E-state index in [-0.39, 0.29) is 5.78 Å². The number of hydrogen-bond donors (Lipinski definition) is 0. The molecule has 16 heavy (non-hydrogen) atoms. The molecule has 0 bridgehead atoms. The average molecular weight is 237 g/mol. The van der Waals surface area contributed by atoms with Gasteiger partial charge < -0.3 is 9.15 Å². The number of aromatic nitrogens is 1. The Balaban J connectivity index is 2.42. The number of methoxy groups -OCH3 is 1. The van der Waals surface area contributed by atoms with Crippen LogP contribution in [0.15, 0.2) is 22.8 Å². The van der Waals surface area contributed by atoms with Crippen LogP contribution in [-0.4, -0.2) is 17.9 Å². The van der Waals surface area contributed by atoms with Gasteiger partial charge in [0.15, 0.2) is 16.6 Å². The molecule has 0 aromatic carbocycles. The molecule has 0 atom stereocenters. The predicted molar refractivity (Wildman–Crippen MR) is 60.5 cm³/mol. The molecule has 0 amide bonds. The summed E-state index contributed by atoms with van der Waals surface area (Å²) in [5.41, 5.74) is 0.673. The third-order valence-electron chi connectivity index (χ3n) is 2.03. The quantitative estimate of drug-likeness (QED) is 0.767. The van der Waals surface area contributed by atoms with Gasteiger partial charge in [0.05, 0.1) is 23.4 Å². The Hall–Kier alpha value is -1.46. The van der Waals surface area contributed by atoms with Gasteiger partial charge in [-0.25, -0.2) is 4.98 Å². The summed E-state index contributed by atoms with van der Waals surface area (Å²) < 4.78 is 10.3. The topological polar surface area (TPSA) is 52.3 Å². The van der Waals surface area contributed by atoms with Crippen LogP contribution in [0.5, 0.6) is 0 Å². The number of carbonyl (C=O) groups is 1. The Morgan fingerprint density at radius 3 is 3.00 bits per heavy atom. The van der Waals surface area contributed by atoms with Crippen molar-refractivity contribution in [2.24, 2.45) is 0 Å². The first kappa shape index (κ1) is 11.0. The number of hydrogen-bond acceptors (Lipinski definition) is 5. The Kier molecular flexibility index (Phi) is 3.17. The maximum absolute atomic E-state index is 11.4. The van der Waals surface area contributed by atoms with Crippen LogP contribution in [0.2, 0.25) is 0 Å². The molecular weight excluding hydrogens is 226 g/mol. The fraction of sp³-hybridized carbons (Fsp3) is 0.273.